The summed E-state index contributed by atoms with van der Waals surface area (Å²) in [5.41, 5.74) is 1.39. The Balaban J connectivity index is 4.25. The van der Waals surface area contributed by atoms with Gasteiger partial charge in [-0.15, -0.1) is 0 Å². The van der Waals surface area contributed by atoms with Gasteiger partial charge < -0.3 is 9.05 Å². The summed E-state index contributed by atoms with van der Waals surface area (Å²) in [7, 11) is 1.96. The lowest BCUT2D eigenvalue weighted by Gasteiger charge is -2.13. The maximum absolute atomic E-state index is 7.67. The fourth-order valence-corrected chi connectivity index (χ4v) is 1.70. The fourth-order valence-electron chi connectivity index (χ4n) is 0.804. The topological polar surface area (TPSA) is 42.3 Å². The first-order valence-corrected chi connectivity index (χ1v) is 4.99. The van der Waals surface area contributed by atoms with E-state index in [1.54, 1.807) is 14.2 Å². The Morgan fingerprint density at radius 2 is 1.92 bits per heavy atom. The first kappa shape index (κ1) is 11.8. The van der Waals surface area contributed by atoms with Crippen molar-refractivity contribution in [3.8, 4) is 0 Å². The van der Waals surface area contributed by atoms with E-state index in [0.29, 0.717) is 5.45 Å². The molecule has 0 atom stereocenters. The molecule has 0 saturated heterocycles. The van der Waals surface area contributed by atoms with Crippen LogP contribution in [0.1, 0.15) is 20.3 Å². The van der Waals surface area contributed by atoms with Crippen molar-refractivity contribution in [1.29, 1.82) is 5.41 Å². The van der Waals surface area contributed by atoms with Crippen molar-refractivity contribution in [2.75, 3.05) is 14.2 Å². The second-order valence-electron chi connectivity index (χ2n) is 2.27. The van der Waals surface area contributed by atoms with Crippen molar-refractivity contribution in [2.45, 2.75) is 20.3 Å². The largest absolute Gasteiger partial charge is 0.333 e. The van der Waals surface area contributed by atoms with E-state index in [1.165, 1.54) is 0 Å². The Hall–Kier alpha value is -0.240. The SMILES string of the molecule is CC/C=C(\C)C(=N)P(OC)OC. The molecule has 0 bridgehead atoms. The summed E-state index contributed by atoms with van der Waals surface area (Å²) in [5, 5.41) is 7.67. The lowest BCUT2D eigenvalue weighted by atomic mass is 10.3. The van der Waals surface area contributed by atoms with E-state index in [0.717, 1.165) is 12.0 Å². The molecule has 0 aromatic carbocycles. The van der Waals surface area contributed by atoms with E-state index in [2.05, 4.69) is 0 Å². The van der Waals surface area contributed by atoms with Crippen LogP contribution in [0.25, 0.3) is 0 Å². The zero-order chi connectivity index (χ0) is 9.56. The molecule has 0 fully saturated rings. The summed E-state index contributed by atoms with van der Waals surface area (Å²) >= 11 is 0. The molecule has 12 heavy (non-hydrogen) atoms. The van der Waals surface area contributed by atoms with Crippen molar-refractivity contribution in [1.82, 2.24) is 0 Å². The number of rotatable bonds is 5. The van der Waals surface area contributed by atoms with Gasteiger partial charge in [-0.2, -0.15) is 0 Å². The van der Waals surface area contributed by atoms with Crippen molar-refractivity contribution in [3.05, 3.63) is 11.6 Å². The van der Waals surface area contributed by atoms with Crippen LogP contribution in [0.2, 0.25) is 0 Å². The van der Waals surface area contributed by atoms with Crippen molar-refractivity contribution in [2.24, 2.45) is 0 Å². The summed E-state index contributed by atoms with van der Waals surface area (Å²) in [6.45, 7) is 3.94. The van der Waals surface area contributed by atoms with Gasteiger partial charge in [-0.25, -0.2) is 0 Å². The van der Waals surface area contributed by atoms with Gasteiger partial charge >= 0.3 is 0 Å². The third-order valence-corrected chi connectivity index (χ3v) is 2.78. The molecule has 0 rings (SSSR count). The molecule has 4 heteroatoms. The first-order valence-electron chi connectivity index (χ1n) is 3.81. The number of hydrogen-bond acceptors (Lipinski definition) is 3. The van der Waals surface area contributed by atoms with E-state index in [4.69, 9.17) is 14.5 Å². The van der Waals surface area contributed by atoms with Gasteiger partial charge in [-0.1, -0.05) is 13.0 Å². The van der Waals surface area contributed by atoms with Gasteiger partial charge in [0.05, 0.1) is 0 Å². The van der Waals surface area contributed by atoms with E-state index in [9.17, 15) is 0 Å². The minimum Gasteiger partial charge on any atom is -0.333 e. The molecule has 3 nitrogen and oxygen atoms in total. The van der Waals surface area contributed by atoms with Crippen LogP contribution < -0.4 is 0 Å². The zero-order valence-corrected chi connectivity index (χ0v) is 8.94. The molecule has 1 N–H and O–H groups in total. The molecular weight excluding hydrogens is 173 g/mol. The fraction of sp³-hybridized carbons (Fsp3) is 0.625. The maximum atomic E-state index is 7.67. The third-order valence-electron chi connectivity index (χ3n) is 1.40. The molecule has 0 aromatic rings. The summed E-state index contributed by atoms with van der Waals surface area (Å²) in [6.07, 6.45) is 2.93. The van der Waals surface area contributed by atoms with E-state index >= 15 is 0 Å². The Morgan fingerprint density at radius 3 is 2.25 bits per heavy atom. The first-order chi connectivity index (χ1) is 5.67. The minimum atomic E-state index is -1.15. The molecule has 0 aliphatic heterocycles. The highest BCUT2D eigenvalue weighted by Gasteiger charge is 2.14. The minimum absolute atomic E-state index is 0.455. The van der Waals surface area contributed by atoms with Crippen LogP contribution in [0.4, 0.5) is 0 Å². The van der Waals surface area contributed by atoms with Gasteiger partial charge in [-0.05, 0) is 18.9 Å². The number of nitrogens with one attached hydrogen (secondary N) is 1. The molecule has 0 heterocycles. The third kappa shape index (κ3) is 3.44. The smallest absolute Gasteiger partial charge is 0.223 e. The zero-order valence-electron chi connectivity index (χ0n) is 8.05. The maximum Gasteiger partial charge on any atom is 0.223 e. The Bertz CT molecular complexity index is 176. The highest BCUT2D eigenvalue weighted by molar-refractivity contribution is 7.67. The highest BCUT2D eigenvalue weighted by atomic mass is 31.2. The van der Waals surface area contributed by atoms with Gasteiger partial charge in [0.25, 0.3) is 0 Å². The molecule has 0 saturated carbocycles. The summed E-state index contributed by atoms with van der Waals surface area (Å²) in [4.78, 5) is 0. The Kier molecular flexibility index (Phi) is 6.17. The number of allylic oxidation sites excluding steroid dienone is 2. The van der Waals surface area contributed by atoms with Crippen LogP contribution in [0.5, 0.6) is 0 Å². The van der Waals surface area contributed by atoms with E-state index in [-0.39, 0.29) is 0 Å². The second kappa shape index (κ2) is 6.30. The normalized spacial score (nSPS) is 12.2. The lowest BCUT2D eigenvalue weighted by Crippen LogP contribution is -1.99. The highest BCUT2D eigenvalue weighted by Crippen LogP contribution is 2.39. The Labute approximate surface area is 75.2 Å². The van der Waals surface area contributed by atoms with Crippen LogP contribution in [0.15, 0.2) is 11.6 Å². The Morgan fingerprint density at radius 1 is 1.42 bits per heavy atom. The molecule has 0 amide bonds. The predicted molar refractivity (Wildman–Crippen MR) is 52.7 cm³/mol. The van der Waals surface area contributed by atoms with Gasteiger partial charge in [0.1, 0.15) is 5.45 Å². The second-order valence-corrected chi connectivity index (χ2v) is 3.96. The van der Waals surface area contributed by atoms with E-state index in [1.807, 2.05) is 19.9 Å². The van der Waals surface area contributed by atoms with Gasteiger partial charge in [0.2, 0.25) is 8.38 Å². The van der Waals surface area contributed by atoms with Gasteiger partial charge in [0.15, 0.2) is 0 Å². The van der Waals surface area contributed by atoms with Crippen molar-refractivity contribution >= 4 is 13.8 Å². The molecule has 0 aliphatic rings. The quantitative estimate of drug-likeness (QED) is 0.533. The monoisotopic (exact) mass is 189 g/mol. The van der Waals surface area contributed by atoms with Crippen LogP contribution in [0, 0.1) is 5.41 Å². The predicted octanol–water partition coefficient (Wildman–Crippen LogP) is 2.92. The molecule has 0 aromatic heterocycles. The molecule has 0 aliphatic carbocycles. The summed E-state index contributed by atoms with van der Waals surface area (Å²) in [6, 6.07) is 0. The van der Waals surface area contributed by atoms with Crippen LogP contribution >= 0.6 is 8.38 Å². The van der Waals surface area contributed by atoms with E-state index < -0.39 is 8.38 Å². The summed E-state index contributed by atoms with van der Waals surface area (Å²) < 4.78 is 10.0. The average Bonchev–Trinajstić information content (AvgIpc) is 2.07. The molecule has 0 unspecified atom stereocenters. The van der Waals surface area contributed by atoms with Crippen molar-refractivity contribution in [3.63, 3.8) is 0 Å². The van der Waals surface area contributed by atoms with Gasteiger partial charge in [-0.3, -0.25) is 5.41 Å². The standard InChI is InChI=1S/C8H16NO2P/c1-5-6-7(2)8(9)12(10-3)11-4/h6,9H,5H2,1-4H3/b7-6+,9-8?. The van der Waals surface area contributed by atoms with Gasteiger partial charge in [0, 0.05) is 14.2 Å². The number of hydrogen-bond donors (Lipinski definition) is 1. The molecular formula is C8H16NO2P. The molecule has 70 valence electrons. The van der Waals surface area contributed by atoms with Crippen LogP contribution in [0.3, 0.4) is 0 Å². The molecule has 0 spiro atoms. The van der Waals surface area contributed by atoms with Crippen molar-refractivity contribution < 1.29 is 9.05 Å². The summed E-state index contributed by atoms with van der Waals surface area (Å²) in [5.74, 6) is 0. The average molecular weight is 189 g/mol. The lowest BCUT2D eigenvalue weighted by molar-refractivity contribution is 0.352. The van der Waals surface area contributed by atoms with Crippen LogP contribution in [-0.4, -0.2) is 19.7 Å². The van der Waals surface area contributed by atoms with Crippen LogP contribution in [-0.2, 0) is 9.05 Å². The molecule has 0 radical (unpaired) electrons.